The molecule has 0 aliphatic heterocycles. The van der Waals surface area contributed by atoms with Gasteiger partial charge in [-0.15, -0.1) is 0 Å². The molecule has 1 saturated carbocycles. The molecule has 0 unspecified atom stereocenters. The number of aryl methyl sites for hydroxylation is 2. The van der Waals surface area contributed by atoms with Gasteiger partial charge in [0, 0.05) is 49.4 Å². The van der Waals surface area contributed by atoms with Crippen LogP contribution < -0.4 is 21.9 Å². The van der Waals surface area contributed by atoms with E-state index in [0.29, 0.717) is 13.2 Å². The number of hydrogen-bond donors (Lipinski definition) is 3. The van der Waals surface area contributed by atoms with Gasteiger partial charge < -0.3 is 25.7 Å². The number of pyridine rings is 1. The van der Waals surface area contributed by atoms with Crippen molar-refractivity contribution in [1.82, 2.24) is 19.2 Å². The lowest BCUT2D eigenvalue weighted by Gasteiger charge is -2.32. The zero-order valence-corrected chi connectivity index (χ0v) is 22.2. The molecule has 1 aliphatic carbocycles. The number of hydrogen-bond acceptors (Lipinski definition) is 8. The first-order chi connectivity index (χ1) is 17.8. The van der Waals surface area contributed by atoms with E-state index in [-0.39, 0.29) is 29.4 Å². The van der Waals surface area contributed by atoms with Gasteiger partial charge in [-0.05, 0) is 30.7 Å². The third-order valence-electron chi connectivity index (χ3n) is 7.22. The van der Waals surface area contributed by atoms with Gasteiger partial charge >= 0.3 is 5.97 Å². The van der Waals surface area contributed by atoms with Crippen LogP contribution in [0.5, 0.6) is 0 Å². The minimum absolute atomic E-state index is 0.0406. The Morgan fingerprint density at radius 2 is 2.05 bits per heavy atom. The SMILES string of the molecule is CCc1cnn2c(NCc3ccc(=O)n(C)c3)cc(N[C@H]3CCCC[C@H]3COC(=O)[C@H](N)C(C)C)nc12. The van der Waals surface area contributed by atoms with Gasteiger partial charge in [0.1, 0.15) is 17.7 Å². The standard InChI is InChI=1S/C27H39N7O3/c1-5-19-14-30-34-23(29-13-18-10-11-24(35)33(4)15-18)12-22(32-26(19)34)31-21-9-7-6-8-20(21)16-37-27(36)25(28)17(2)3/h10-12,14-15,17,20-21,25,29H,5-9,13,16,28H2,1-4H3,(H,31,32)/t20-,21-,25+/m0/s1. The Bertz CT molecular complexity index is 1280. The van der Waals surface area contributed by atoms with E-state index in [4.69, 9.17) is 15.5 Å². The van der Waals surface area contributed by atoms with E-state index < -0.39 is 6.04 Å². The van der Waals surface area contributed by atoms with E-state index in [1.165, 1.54) is 0 Å². The Morgan fingerprint density at radius 1 is 1.27 bits per heavy atom. The molecular formula is C27H39N7O3. The van der Waals surface area contributed by atoms with Gasteiger partial charge in [-0.2, -0.15) is 9.61 Å². The van der Waals surface area contributed by atoms with Crippen molar-refractivity contribution >= 4 is 23.3 Å². The highest BCUT2D eigenvalue weighted by molar-refractivity contribution is 5.75. The van der Waals surface area contributed by atoms with Crippen molar-refractivity contribution in [2.75, 3.05) is 17.2 Å². The quantitative estimate of drug-likeness (QED) is 0.356. The molecule has 3 atom stereocenters. The van der Waals surface area contributed by atoms with E-state index >= 15 is 0 Å². The zero-order chi connectivity index (χ0) is 26.5. The van der Waals surface area contributed by atoms with Crippen molar-refractivity contribution in [1.29, 1.82) is 0 Å². The van der Waals surface area contributed by atoms with Crippen LogP contribution in [0.25, 0.3) is 5.65 Å². The van der Waals surface area contributed by atoms with Crippen molar-refractivity contribution in [3.63, 3.8) is 0 Å². The maximum absolute atomic E-state index is 12.3. The van der Waals surface area contributed by atoms with Crippen LogP contribution in [0.3, 0.4) is 0 Å². The molecule has 3 heterocycles. The summed E-state index contributed by atoms with van der Waals surface area (Å²) in [4.78, 5) is 29.0. The molecule has 1 aliphatic rings. The van der Waals surface area contributed by atoms with Gasteiger partial charge in [-0.25, -0.2) is 4.98 Å². The second kappa shape index (κ2) is 11.8. The van der Waals surface area contributed by atoms with Crippen molar-refractivity contribution in [3.8, 4) is 0 Å². The normalized spacial score (nSPS) is 18.6. The van der Waals surface area contributed by atoms with E-state index in [9.17, 15) is 9.59 Å². The molecule has 10 heteroatoms. The Morgan fingerprint density at radius 3 is 2.78 bits per heavy atom. The predicted molar refractivity (Wildman–Crippen MR) is 145 cm³/mol. The minimum atomic E-state index is -0.603. The largest absolute Gasteiger partial charge is 0.464 e. The number of carbonyl (C=O) groups is 1. The molecule has 4 rings (SSSR count). The summed E-state index contributed by atoms with van der Waals surface area (Å²) in [6.45, 7) is 6.81. The average molecular weight is 510 g/mol. The van der Waals surface area contributed by atoms with Crippen LogP contribution >= 0.6 is 0 Å². The molecule has 200 valence electrons. The lowest BCUT2D eigenvalue weighted by molar-refractivity contribution is -0.148. The number of carbonyl (C=O) groups excluding carboxylic acids is 1. The van der Waals surface area contributed by atoms with Crippen LogP contribution in [0.2, 0.25) is 0 Å². The molecule has 3 aromatic heterocycles. The van der Waals surface area contributed by atoms with Crippen LogP contribution in [0.1, 0.15) is 57.6 Å². The summed E-state index contributed by atoms with van der Waals surface area (Å²) in [6.07, 6.45) is 8.68. The topological polar surface area (TPSA) is 129 Å². The van der Waals surface area contributed by atoms with Gasteiger partial charge in [-0.3, -0.25) is 9.59 Å². The number of fused-ring (bicyclic) bond motifs is 1. The van der Waals surface area contributed by atoms with Crippen LogP contribution in [-0.2, 0) is 29.5 Å². The lowest BCUT2D eigenvalue weighted by atomic mass is 9.85. The van der Waals surface area contributed by atoms with Gasteiger partial charge in [-0.1, -0.05) is 39.7 Å². The Balaban J connectivity index is 1.53. The minimum Gasteiger partial charge on any atom is -0.464 e. The highest BCUT2D eigenvalue weighted by Crippen LogP contribution is 2.29. The smallest absolute Gasteiger partial charge is 0.323 e. The molecule has 0 radical (unpaired) electrons. The molecule has 10 nitrogen and oxygen atoms in total. The molecule has 0 spiro atoms. The number of nitrogens with two attached hydrogens (primary N) is 1. The van der Waals surface area contributed by atoms with E-state index in [2.05, 4.69) is 22.7 Å². The van der Waals surface area contributed by atoms with E-state index in [1.807, 2.05) is 42.9 Å². The zero-order valence-electron chi connectivity index (χ0n) is 22.2. The van der Waals surface area contributed by atoms with Gasteiger partial charge in [0.2, 0.25) is 5.56 Å². The van der Waals surface area contributed by atoms with Crippen LogP contribution in [-0.4, -0.2) is 43.8 Å². The Kier molecular flexibility index (Phi) is 8.48. The number of nitrogens with zero attached hydrogens (tertiary/aromatic N) is 4. The first kappa shape index (κ1) is 26.7. The van der Waals surface area contributed by atoms with E-state index in [1.54, 1.807) is 17.7 Å². The molecule has 0 saturated heterocycles. The summed E-state index contributed by atoms with van der Waals surface area (Å²) >= 11 is 0. The first-order valence-electron chi connectivity index (χ1n) is 13.2. The molecule has 3 aromatic rings. The summed E-state index contributed by atoms with van der Waals surface area (Å²) in [5.41, 5.74) is 8.78. The molecule has 4 N–H and O–H groups in total. The van der Waals surface area contributed by atoms with Crippen LogP contribution in [0.4, 0.5) is 11.6 Å². The highest BCUT2D eigenvalue weighted by Gasteiger charge is 2.28. The molecular weight excluding hydrogens is 470 g/mol. The summed E-state index contributed by atoms with van der Waals surface area (Å²) < 4.78 is 9.01. The second-order valence-corrected chi connectivity index (χ2v) is 10.3. The lowest BCUT2D eigenvalue weighted by Crippen LogP contribution is -2.40. The number of rotatable bonds is 10. The van der Waals surface area contributed by atoms with Crippen molar-refractivity contribution in [3.05, 3.63) is 52.1 Å². The Labute approximate surface area is 217 Å². The summed E-state index contributed by atoms with van der Waals surface area (Å²) in [5.74, 6) is 1.46. The van der Waals surface area contributed by atoms with Crippen molar-refractivity contribution in [2.45, 2.75) is 71.5 Å². The third-order valence-corrected chi connectivity index (χ3v) is 7.22. The summed E-state index contributed by atoms with van der Waals surface area (Å²) in [5, 5.41) is 11.7. The fraction of sp³-hybridized carbons (Fsp3) is 0.556. The third kappa shape index (κ3) is 6.30. The van der Waals surface area contributed by atoms with E-state index in [0.717, 1.165) is 60.5 Å². The number of aromatic nitrogens is 4. The maximum Gasteiger partial charge on any atom is 0.323 e. The summed E-state index contributed by atoms with van der Waals surface area (Å²) in [6, 6.07) is 4.89. The molecule has 0 amide bonds. The predicted octanol–water partition coefficient (Wildman–Crippen LogP) is 3.10. The highest BCUT2D eigenvalue weighted by atomic mass is 16.5. The number of ether oxygens (including phenoxy) is 1. The monoisotopic (exact) mass is 509 g/mol. The molecule has 0 bridgehead atoms. The fourth-order valence-corrected chi connectivity index (χ4v) is 4.75. The number of nitrogens with one attached hydrogen (secondary N) is 2. The van der Waals surface area contributed by atoms with Gasteiger partial charge in [0.25, 0.3) is 0 Å². The van der Waals surface area contributed by atoms with Crippen LogP contribution in [0, 0.1) is 11.8 Å². The summed E-state index contributed by atoms with van der Waals surface area (Å²) in [7, 11) is 1.74. The number of esters is 1. The van der Waals surface area contributed by atoms with Crippen LogP contribution in [0.15, 0.2) is 35.4 Å². The van der Waals surface area contributed by atoms with Crippen molar-refractivity contribution < 1.29 is 9.53 Å². The Hall–Kier alpha value is -3.40. The first-order valence-corrected chi connectivity index (χ1v) is 13.2. The molecule has 0 aromatic carbocycles. The maximum atomic E-state index is 12.3. The second-order valence-electron chi connectivity index (χ2n) is 10.3. The molecule has 1 fully saturated rings. The number of anilines is 2. The fourth-order valence-electron chi connectivity index (χ4n) is 4.75. The van der Waals surface area contributed by atoms with Gasteiger partial charge in [0.05, 0.1) is 12.8 Å². The molecule has 37 heavy (non-hydrogen) atoms. The average Bonchev–Trinajstić information content (AvgIpc) is 3.31. The van der Waals surface area contributed by atoms with Crippen molar-refractivity contribution in [2.24, 2.45) is 24.6 Å². The van der Waals surface area contributed by atoms with Gasteiger partial charge in [0.15, 0.2) is 5.65 Å².